The highest BCUT2D eigenvalue weighted by atomic mass is 32.1. The van der Waals surface area contributed by atoms with E-state index in [2.05, 4.69) is 10.3 Å². The van der Waals surface area contributed by atoms with Gasteiger partial charge in [0.1, 0.15) is 10.8 Å². The van der Waals surface area contributed by atoms with Gasteiger partial charge in [-0.25, -0.2) is 9.37 Å². The highest BCUT2D eigenvalue weighted by Crippen LogP contribution is 2.32. The first kappa shape index (κ1) is 19.4. The average molecular weight is 386 g/mol. The molecule has 0 aliphatic heterocycles. The van der Waals surface area contributed by atoms with Crippen molar-refractivity contribution in [3.8, 4) is 10.6 Å². The minimum atomic E-state index is -0.546. The first-order valence-corrected chi connectivity index (χ1v) is 9.73. The second-order valence-corrected chi connectivity index (χ2v) is 7.57. The Hall–Kier alpha value is -2.35. The molecule has 3 rings (SSSR count). The van der Waals surface area contributed by atoms with Gasteiger partial charge in [-0.2, -0.15) is 0 Å². The van der Waals surface area contributed by atoms with Gasteiger partial charge in [0, 0.05) is 17.3 Å². The number of carbonyl (C=O) groups excluding carboxylic acids is 1. The van der Waals surface area contributed by atoms with Crippen molar-refractivity contribution < 1.29 is 9.18 Å². The monoisotopic (exact) mass is 386 g/mol. The van der Waals surface area contributed by atoms with Crippen molar-refractivity contribution >= 4 is 33.1 Å². The Bertz CT molecular complexity index is 956. The molecular formula is C20H23FN4OS. The Morgan fingerprint density at radius 2 is 2.07 bits per heavy atom. The maximum absolute atomic E-state index is 13.4. The van der Waals surface area contributed by atoms with Gasteiger partial charge in [0.15, 0.2) is 0 Å². The number of nitrogens with zero attached hydrogens (tertiary/aromatic N) is 1. The van der Waals surface area contributed by atoms with Gasteiger partial charge in [0.25, 0.3) is 0 Å². The Kier molecular flexibility index (Phi) is 6.15. The second kappa shape index (κ2) is 8.56. The number of nitrogens with two attached hydrogens (primary N) is 2. The van der Waals surface area contributed by atoms with Gasteiger partial charge in [-0.15, -0.1) is 11.3 Å². The standard InChI is InChI=1S/C20H23FN4OS/c1-12-10-13(20-25-17-11-14(21)6-8-18(17)27-20)5-7-16(12)24-19(26)15(23)4-2-3-9-22/h5-8,10-11,15H,2-4,9,22-23H2,1H3,(H,24,26)/t15-/m0/s1. The smallest absolute Gasteiger partial charge is 0.241 e. The molecule has 27 heavy (non-hydrogen) atoms. The fourth-order valence-corrected chi connectivity index (χ4v) is 3.77. The SMILES string of the molecule is Cc1cc(-c2nc3cc(F)ccc3s2)ccc1NC(=O)[C@@H](N)CCCCN. The molecule has 1 aromatic heterocycles. The van der Waals surface area contributed by atoms with Gasteiger partial charge in [-0.3, -0.25) is 4.79 Å². The van der Waals surface area contributed by atoms with Gasteiger partial charge >= 0.3 is 0 Å². The van der Waals surface area contributed by atoms with Crippen molar-refractivity contribution in [2.45, 2.75) is 32.2 Å². The number of thiazole rings is 1. The molecule has 0 radical (unpaired) electrons. The van der Waals surface area contributed by atoms with Gasteiger partial charge in [-0.05, 0) is 62.2 Å². The molecule has 0 aliphatic rings. The van der Waals surface area contributed by atoms with Crippen molar-refractivity contribution in [3.05, 3.63) is 47.8 Å². The minimum Gasteiger partial charge on any atom is -0.330 e. The van der Waals surface area contributed by atoms with E-state index >= 15 is 0 Å². The number of nitrogens with one attached hydrogen (secondary N) is 1. The number of unbranched alkanes of at least 4 members (excludes halogenated alkanes) is 1. The van der Waals surface area contributed by atoms with Crippen molar-refractivity contribution in [1.29, 1.82) is 0 Å². The van der Waals surface area contributed by atoms with E-state index in [0.29, 0.717) is 18.5 Å². The highest BCUT2D eigenvalue weighted by molar-refractivity contribution is 7.21. The molecule has 5 nitrogen and oxygen atoms in total. The first-order valence-electron chi connectivity index (χ1n) is 8.91. The summed E-state index contributed by atoms with van der Waals surface area (Å²) >= 11 is 1.51. The topological polar surface area (TPSA) is 94.0 Å². The number of aryl methyl sites for hydroxylation is 1. The normalized spacial score (nSPS) is 12.3. The van der Waals surface area contributed by atoms with Crippen LogP contribution in [0.25, 0.3) is 20.8 Å². The van der Waals surface area contributed by atoms with Crippen LogP contribution in [0.1, 0.15) is 24.8 Å². The maximum Gasteiger partial charge on any atom is 0.241 e. The number of hydrogen-bond acceptors (Lipinski definition) is 5. The number of benzene rings is 2. The van der Waals surface area contributed by atoms with E-state index in [1.165, 1.54) is 23.5 Å². The zero-order valence-electron chi connectivity index (χ0n) is 15.2. The van der Waals surface area contributed by atoms with Crippen LogP contribution in [0.5, 0.6) is 0 Å². The summed E-state index contributed by atoms with van der Waals surface area (Å²) < 4.78 is 14.3. The van der Waals surface area contributed by atoms with E-state index in [1.807, 2.05) is 25.1 Å². The summed E-state index contributed by atoms with van der Waals surface area (Å²) in [6.45, 7) is 2.53. The lowest BCUT2D eigenvalue weighted by Gasteiger charge is -2.14. The summed E-state index contributed by atoms with van der Waals surface area (Å²) in [5, 5.41) is 3.70. The van der Waals surface area contributed by atoms with Crippen LogP contribution in [0, 0.1) is 12.7 Å². The van der Waals surface area contributed by atoms with Crippen molar-refractivity contribution in [1.82, 2.24) is 4.98 Å². The highest BCUT2D eigenvalue weighted by Gasteiger charge is 2.15. The zero-order chi connectivity index (χ0) is 19.4. The van der Waals surface area contributed by atoms with Gasteiger partial charge in [0.05, 0.1) is 16.3 Å². The van der Waals surface area contributed by atoms with E-state index in [9.17, 15) is 9.18 Å². The molecule has 5 N–H and O–H groups in total. The van der Waals surface area contributed by atoms with Crippen molar-refractivity contribution in [2.75, 3.05) is 11.9 Å². The Morgan fingerprint density at radius 3 is 2.81 bits per heavy atom. The van der Waals surface area contributed by atoms with Crippen LogP contribution in [0.2, 0.25) is 0 Å². The Labute approximate surface area is 161 Å². The molecule has 1 heterocycles. The summed E-state index contributed by atoms with van der Waals surface area (Å²) in [5.41, 5.74) is 14.6. The summed E-state index contributed by atoms with van der Waals surface area (Å²) in [5.74, 6) is -0.491. The summed E-state index contributed by atoms with van der Waals surface area (Å²) in [6, 6.07) is 9.77. The third kappa shape index (κ3) is 4.68. The lowest BCUT2D eigenvalue weighted by Crippen LogP contribution is -2.35. The van der Waals surface area contributed by atoms with Crippen molar-refractivity contribution in [2.24, 2.45) is 11.5 Å². The molecule has 7 heteroatoms. The molecule has 0 saturated carbocycles. The van der Waals surface area contributed by atoms with Crippen LogP contribution < -0.4 is 16.8 Å². The largest absolute Gasteiger partial charge is 0.330 e. The van der Waals surface area contributed by atoms with E-state index in [1.54, 1.807) is 6.07 Å². The molecule has 0 fully saturated rings. The Balaban J connectivity index is 1.74. The molecule has 1 atom stereocenters. The molecule has 142 valence electrons. The van der Waals surface area contributed by atoms with Gasteiger partial charge in [-0.1, -0.05) is 6.42 Å². The summed E-state index contributed by atoms with van der Waals surface area (Å²) in [4.78, 5) is 16.8. The fourth-order valence-electron chi connectivity index (χ4n) is 2.83. The van der Waals surface area contributed by atoms with E-state index < -0.39 is 6.04 Å². The molecular weight excluding hydrogens is 363 g/mol. The predicted molar refractivity (Wildman–Crippen MR) is 109 cm³/mol. The summed E-state index contributed by atoms with van der Waals surface area (Å²) in [6.07, 6.45) is 2.31. The van der Waals surface area contributed by atoms with Crippen molar-refractivity contribution in [3.63, 3.8) is 0 Å². The van der Waals surface area contributed by atoms with Crippen LogP contribution >= 0.6 is 11.3 Å². The molecule has 0 bridgehead atoms. The number of hydrogen-bond donors (Lipinski definition) is 3. The molecule has 1 amide bonds. The van der Waals surface area contributed by atoms with Crippen LogP contribution in [0.4, 0.5) is 10.1 Å². The fraction of sp³-hybridized carbons (Fsp3) is 0.300. The molecule has 2 aromatic carbocycles. The van der Waals surface area contributed by atoms with E-state index in [0.717, 1.165) is 39.4 Å². The van der Waals surface area contributed by atoms with Crippen LogP contribution in [-0.4, -0.2) is 23.5 Å². The number of aromatic nitrogens is 1. The molecule has 0 unspecified atom stereocenters. The lowest BCUT2D eigenvalue weighted by molar-refractivity contribution is -0.117. The number of amides is 1. The third-order valence-corrected chi connectivity index (χ3v) is 5.47. The van der Waals surface area contributed by atoms with E-state index in [4.69, 9.17) is 11.5 Å². The number of rotatable bonds is 7. The van der Waals surface area contributed by atoms with E-state index in [-0.39, 0.29) is 11.7 Å². The van der Waals surface area contributed by atoms with Gasteiger partial charge < -0.3 is 16.8 Å². The van der Waals surface area contributed by atoms with Crippen LogP contribution in [-0.2, 0) is 4.79 Å². The number of fused-ring (bicyclic) bond motifs is 1. The second-order valence-electron chi connectivity index (χ2n) is 6.54. The number of anilines is 1. The van der Waals surface area contributed by atoms with Gasteiger partial charge in [0.2, 0.25) is 5.91 Å². The molecule has 0 spiro atoms. The molecule has 0 saturated heterocycles. The number of carbonyl (C=O) groups is 1. The average Bonchev–Trinajstić information content (AvgIpc) is 3.06. The lowest BCUT2D eigenvalue weighted by atomic mass is 10.1. The minimum absolute atomic E-state index is 0.196. The molecule has 0 aliphatic carbocycles. The Morgan fingerprint density at radius 1 is 1.26 bits per heavy atom. The third-order valence-electron chi connectivity index (χ3n) is 4.39. The first-order chi connectivity index (χ1) is 13.0. The zero-order valence-corrected chi connectivity index (χ0v) is 16.0. The molecule has 3 aromatic rings. The van der Waals surface area contributed by atoms with Crippen LogP contribution in [0.15, 0.2) is 36.4 Å². The maximum atomic E-state index is 13.4. The predicted octanol–water partition coefficient (Wildman–Crippen LogP) is 3.81. The number of halogens is 1. The summed E-state index contributed by atoms with van der Waals surface area (Å²) in [7, 11) is 0. The van der Waals surface area contributed by atoms with Crippen LogP contribution in [0.3, 0.4) is 0 Å². The quantitative estimate of drug-likeness (QED) is 0.538.